The molecule has 1 aromatic carbocycles. The van der Waals surface area contributed by atoms with Gasteiger partial charge in [0.25, 0.3) is 0 Å². The molecule has 0 heterocycles. The van der Waals surface area contributed by atoms with E-state index in [1.165, 1.54) is 11.1 Å². The maximum absolute atomic E-state index is 9.73. The van der Waals surface area contributed by atoms with Crippen molar-refractivity contribution in [2.45, 2.75) is 32.3 Å². The lowest BCUT2D eigenvalue weighted by Crippen LogP contribution is -2.34. The minimum atomic E-state index is -0.732. The standard InChI is InChI=1S/C12H19NO/c1-10-4-3-5-11(8-10)6-7-12(2,14)9-13/h3-5,8,14H,6-7,9,13H2,1-2H3. The Hall–Kier alpha value is -0.860. The Balaban J connectivity index is 2.54. The highest BCUT2D eigenvalue weighted by Gasteiger charge is 2.17. The van der Waals surface area contributed by atoms with E-state index in [0.29, 0.717) is 13.0 Å². The summed E-state index contributed by atoms with van der Waals surface area (Å²) in [5.74, 6) is 0. The fourth-order valence-electron chi connectivity index (χ4n) is 1.38. The van der Waals surface area contributed by atoms with Crippen LogP contribution in [0.2, 0.25) is 0 Å². The Morgan fingerprint density at radius 1 is 1.43 bits per heavy atom. The monoisotopic (exact) mass is 193 g/mol. The molecule has 0 amide bonds. The van der Waals surface area contributed by atoms with Crippen LogP contribution < -0.4 is 5.73 Å². The highest BCUT2D eigenvalue weighted by atomic mass is 16.3. The van der Waals surface area contributed by atoms with Crippen LogP contribution in [0.3, 0.4) is 0 Å². The molecule has 0 saturated heterocycles. The number of benzene rings is 1. The summed E-state index contributed by atoms with van der Waals surface area (Å²) in [6, 6.07) is 8.35. The van der Waals surface area contributed by atoms with Gasteiger partial charge in [-0.25, -0.2) is 0 Å². The van der Waals surface area contributed by atoms with Gasteiger partial charge >= 0.3 is 0 Å². The summed E-state index contributed by atoms with van der Waals surface area (Å²) in [5.41, 5.74) is 7.24. The van der Waals surface area contributed by atoms with Crippen LogP contribution in [0.25, 0.3) is 0 Å². The van der Waals surface area contributed by atoms with Crippen LogP contribution in [0.15, 0.2) is 24.3 Å². The molecule has 0 saturated carbocycles. The molecule has 3 N–H and O–H groups in total. The van der Waals surface area contributed by atoms with Crippen LogP contribution in [-0.4, -0.2) is 17.3 Å². The third-order valence-corrected chi connectivity index (χ3v) is 2.47. The van der Waals surface area contributed by atoms with Gasteiger partial charge in [-0.05, 0) is 32.3 Å². The SMILES string of the molecule is Cc1cccc(CCC(C)(O)CN)c1. The molecule has 2 nitrogen and oxygen atoms in total. The van der Waals surface area contributed by atoms with Gasteiger partial charge in [0.15, 0.2) is 0 Å². The summed E-state index contributed by atoms with van der Waals surface area (Å²) in [7, 11) is 0. The van der Waals surface area contributed by atoms with Crippen LogP contribution >= 0.6 is 0 Å². The Morgan fingerprint density at radius 3 is 2.71 bits per heavy atom. The van der Waals surface area contributed by atoms with E-state index in [4.69, 9.17) is 5.73 Å². The molecule has 0 aromatic heterocycles. The molecule has 0 fully saturated rings. The van der Waals surface area contributed by atoms with Crippen LogP contribution in [0, 0.1) is 6.92 Å². The van der Waals surface area contributed by atoms with Crippen LogP contribution in [0.1, 0.15) is 24.5 Å². The third-order valence-electron chi connectivity index (χ3n) is 2.47. The van der Waals surface area contributed by atoms with Gasteiger partial charge in [0.1, 0.15) is 0 Å². The predicted molar refractivity (Wildman–Crippen MR) is 59.2 cm³/mol. The fourth-order valence-corrected chi connectivity index (χ4v) is 1.38. The van der Waals surface area contributed by atoms with Gasteiger partial charge in [-0.1, -0.05) is 29.8 Å². The fraction of sp³-hybridized carbons (Fsp3) is 0.500. The summed E-state index contributed by atoms with van der Waals surface area (Å²) in [4.78, 5) is 0. The van der Waals surface area contributed by atoms with E-state index in [9.17, 15) is 5.11 Å². The molecule has 1 unspecified atom stereocenters. The van der Waals surface area contributed by atoms with Crippen molar-refractivity contribution in [2.24, 2.45) is 5.73 Å². The predicted octanol–water partition coefficient (Wildman–Crippen LogP) is 1.64. The first-order valence-electron chi connectivity index (χ1n) is 5.01. The molecule has 0 aliphatic heterocycles. The van der Waals surface area contributed by atoms with Gasteiger partial charge in [0.05, 0.1) is 5.60 Å². The Morgan fingerprint density at radius 2 is 2.14 bits per heavy atom. The first-order valence-corrected chi connectivity index (χ1v) is 5.01. The molecular formula is C12H19NO. The molecule has 1 atom stereocenters. The molecule has 78 valence electrons. The van der Waals surface area contributed by atoms with E-state index in [-0.39, 0.29) is 0 Å². The average Bonchev–Trinajstić information content (AvgIpc) is 2.15. The van der Waals surface area contributed by atoms with E-state index < -0.39 is 5.60 Å². The smallest absolute Gasteiger partial charge is 0.0744 e. The second kappa shape index (κ2) is 4.58. The second-order valence-electron chi connectivity index (χ2n) is 4.19. The lowest BCUT2D eigenvalue weighted by atomic mass is 9.96. The van der Waals surface area contributed by atoms with Crippen molar-refractivity contribution in [1.82, 2.24) is 0 Å². The number of aryl methyl sites for hydroxylation is 2. The van der Waals surface area contributed by atoms with Crippen molar-refractivity contribution in [1.29, 1.82) is 0 Å². The lowest BCUT2D eigenvalue weighted by molar-refractivity contribution is 0.0603. The Labute approximate surface area is 85.8 Å². The van der Waals surface area contributed by atoms with Crippen molar-refractivity contribution >= 4 is 0 Å². The summed E-state index contributed by atoms with van der Waals surface area (Å²) < 4.78 is 0. The van der Waals surface area contributed by atoms with E-state index >= 15 is 0 Å². The molecule has 14 heavy (non-hydrogen) atoms. The first-order chi connectivity index (χ1) is 6.53. The van der Waals surface area contributed by atoms with Gasteiger partial charge in [-0.15, -0.1) is 0 Å². The van der Waals surface area contributed by atoms with Crippen molar-refractivity contribution in [3.05, 3.63) is 35.4 Å². The van der Waals surface area contributed by atoms with Gasteiger partial charge < -0.3 is 10.8 Å². The zero-order valence-electron chi connectivity index (χ0n) is 8.96. The minimum absolute atomic E-state index is 0.318. The average molecular weight is 193 g/mol. The van der Waals surface area contributed by atoms with Crippen molar-refractivity contribution in [3.63, 3.8) is 0 Å². The maximum Gasteiger partial charge on any atom is 0.0744 e. The van der Waals surface area contributed by atoms with E-state index in [1.54, 1.807) is 6.92 Å². The van der Waals surface area contributed by atoms with Crippen molar-refractivity contribution < 1.29 is 5.11 Å². The molecule has 0 spiro atoms. The largest absolute Gasteiger partial charge is 0.389 e. The molecule has 0 aliphatic carbocycles. The zero-order valence-corrected chi connectivity index (χ0v) is 8.96. The van der Waals surface area contributed by atoms with Crippen LogP contribution in [-0.2, 0) is 6.42 Å². The van der Waals surface area contributed by atoms with Gasteiger partial charge in [0, 0.05) is 6.54 Å². The van der Waals surface area contributed by atoms with Gasteiger partial charge in [-0.3, -0.25) is 0 Å². The van der Waals surface area contributed by atoms with E-state index in [2.05, 4.69) is 25.1 Å². The number of rotatable bonds is 4. The number of hydrogen-bond donors (Lipinski definition) is 2. The van der Waals surface area contributed by atoms with E-state index in [0.717, 1.165) is 6.42 Å². The second-order valence-corrected chi connectivity index (χ2v) is 4.19. The molecule has 2 heteroatoms. The molecule has 0 bridgehead atoms. The summed E-state index contributed by atoms with van der Waals surface area (Å²) >= 11 is 0. The van der Waals surface area contributed by atoms with Crippen molar-refractivity contribution in [3.8, 4) is 0 Å². The first kappa shape index (κ1) is 11.2. The lowest BCUT2D eigenvalue weighted by Gasteiger charge is -2.20. The maximum atomic E-state index is 9.73. The molecule has 0 aliphatic rings. The number of hydrogen-bond acceptors (Lipinski definition) is 2. The zero-order chi connectivity index (χ0) is 10.6. The summed E-state index contributed by atoms with van der Waals surface area (Å²) in [6.07, 6.45) is 1.60. The number of nitrogens with two attached hydrogens (primary N) is 1. The minimum Gasteiger partial charge on any atom is -0.389 e. The molecule has 1 rings (SSSR count). The topological polar surface area (TPSA) is 46.2 Å². The normalized spacial score (nSPS) is 15.1. The third kappa shape index (κ3) is 3.48. The molecule has 1 aromatic rings. The van der Waals surface area contributed by atoms with Crippen LogP contribution in [0.4, 0.5) is 0 Å². The highest BCUT2D eigenvalue weighted by molar-refractivity contribution is 5.22. The van der Waals surface area contributed by atoms with Crippen molar-refractivity contribution in [2.75, 3.05) is 6.54 Å². The summed E-state index contributed by atoms with van der Waals surface area (Å²) in [6.45, 7) is 4.17. The van der Waals surface area contributed by atoms with Gasteiger partial charge in [0.2, 0.25) is 0 Å². The van der Waals surface area contributed by atoms with Gasteiger partial charge in [-0.2, -0.15) is 0 Å². The molecular weight excluding hydrogens is 174 g/mol. The summed E-state index contributed by atoms with van der Waals surface area (Å²) in [5, 5.41) is 9.73. The van der Waals surface area contributed by atoms with E-state index in [1.807, 2.05) is 6.07 Å². The Bertz CT molecular complexity index is 294. The number of aliphatic hydroxyl groups is 1. The Kier molecular flexibility index (Phi) is 3.67. The quantitative estimate of drug-likeness (QED) is 0.763. The van der Waals surface area contributed by atoms with Crippen LogP contribution in [0.5, 0.6) is 0 Å². The highest BCUT2D eigenvalue weighted by Crippen LogP contribution is 2.13. The molecule has 0 radical (unpaired) electrons.